The summed E-state index contributed by atoms with van der Waals surface area (Å²) in [6, 6.07) is 10.7. The number of rotatable bonds is 6. The Morgan fingerprint density at radius 1 is 1.32 bits per heavy atom. The highest BCUT2D eigenvalue weighted by molar-refractivity contribution is 7.99. The summed E-state index contributed by atoms with van der Waals surface area (Å²) in [7, 11) is 0. The molecule has 0 saturated heterocycles. The van der Waals surface area contributed by atoms with Gasteiger partial charge in [0.2, 0.25) is 0 Å². The van der Waals surface area contributed by atoms with Gasteiger partial charge < -0.3 is 0 Å². The Balaban J connectivity index is 1.91. The summed E-state index contributed by atoms with van der Waals surface area (Å²) in [5.74, 6) is 6.05. The molecule has 1 aromatic carbocycles. The number of hydrogen-bond donors (Lipinski definition) is 2. The third-order valence-corrected chi connectivity index (χ3v) is 5.05. The van der Waals surface area contributed by atoms with Gasteiger partial charge in [-0.1, -0.05) is 23.7 Å². The predicted molar refractivity (Wildman–Crippen MR) is 81.3 cm³/mol. The fourth-order valence-corrected chi connectivity index (χ4v) is 3.77. The molecule has 3 N–H and O–H groups in total. The fourth-order valence-electron chi connectivity index (χ4n) is 1.62. The van der Waals surface area contributed by atoms with E-state index in [1.165, 1.54) is 22.7 Å². The highest BCUT2D eigenvalue weighted by Crippen LogP contribution is 2.25. The lowest BCUT2D eigenvalue weighted by Gasteiger charge is -2.14. The number of halogens is 2. The quantitative estimate of drug-likeness (QED) is 0.485. The first-order chi connectivity index (χ1) is 9.19. The topological polar surface area (TPSA) is 38.0 Å². The van der Waals surface area contributed by atoms with Gasteiger partial charge in [0, 0.05) is 21.6 Å². The van der Waals surface area contributed by atoms with E-state index in [1.807, 2.05) is 18.2 Å². The second-order valence-corrected chi connectivity index (χ2v) is 6.88. The fraction of sp³-hybridized carbons (Fsp3) is 0.231. The molecule has 0 aliphatic rings. The molecule has 1 unspecified atom stereocenters. The molecule has 102 valence electrons. The van der Waals surface area contributed by atoms with Crippen molar-refractivity contribution in [1.29, 1.82) is 0 Å². The molecule has 2 aromatic rings. The molecular weight excluding hydrogens is 303 g/mol. The Hall–Kier alpha value is -0.590. The van der Waals surface area contributed by atoms with E-state index in [4.69, 9.17) is 17.4 Å². The number of nitrogens with two attached hydrogens (primary N) is 1. The zero-order valence-electron chi connectivity index (χ0n) is 10.1. The summed E-state index contributed by atoms with van der Waals surface area (Å²) in [6.45, 7) is 0. The minimum atomic E-state index is -0.192. The molecule has 1 heterocycles. The van der Waals surface area contributed by atoms with Crippen LogP contribution in [0.25, 0.3) is 0 Å². The molecule has 0 radical (unpaired) electrons. The van der Waals surface area contributed by atoms with Crippen molar-refractivity contribution in [3.8, 4) is 0 Å². The van der Waals surface area contributed by atoms with Crippen molar-refractivity contribution < 1.29 is 4.39 Å². The highest BCUT2D eigenvalue weighted by Gasteiger charge is 2.11. The van der Waals surface area contributed by atoms with Crippen LogP contribution < -0.4 is 11.3 Å². The molecule has 0 spiro atoms. The Morgan fingerprint density at radius 2 is 2.11 bits per heavy atom. The smallest absolute Gasteiger partial charge is 0.136 e. The van der Waals surface area contributed by atoms with Gasteiger partial charge in [0.25, 0.3) is 0 Å². The van der Waals surface area contributed by atoms with Crippen LogP contribution in [-0.2, 0) is 6.42 Å². The maximum absolute atomic E-state index is 13.5. The molecule has 0 saturated carbocycles. The number of benzene rings is 1. The summed E-state index contributed by atoms with van der Waals surface area (Å²) >= 11 is 8.90. The van der Waals surface area contributed by atoms with Gasteiger partial charge in [-0.25, -0.2) is 4.39 Å². The van der Waals surface area contributed by atoms with Gasteiger partial charge in [0.15, 0.2) is 0 Å². The summed E-state index contributed by atoms with van der Waals surface area (Å²) in [4.78, 5) is 1.81. The molecule has 1 atom stereocenters. The first-order valence-electron chi connectivity index (χ1n) is 5.76. The van der Waals surface area contributed by atoms with Crippen LogP contribution in [0.3, 0.4) is 0 Å². The van der Waals surface area contributed by atoms with E-state index in [1.54, 1.807) is 23.5 Å². The molecular formula is C13H14ClFN2S2. The minimum Gasteiger partial charge on any atom is -0.271 e. The number of nitrogens with one attached hydrogen (secondary N) is 1. The first-order valence-corrected chi connectivity index (χ1v) is 7.94. The van der Waals surface area contributed by atoms with Crippen molar-refractivity contribution in [2.24, 2.45) is 5.84 Å². The summed E-state index contributed by atoms with van der Waals surface area (Å²) in [6.07, 6.45) is 0.787. The van der Waals surface area contributed by atoms with Gasteiger partial charge in [0.1, 0.15) is 5.82 Å². The average molecular weight is 317 g/mol. The molecule has 0 aliphatic carbocycles. The maximum Gasteiger partial charge on any atom is 0.136 e. The molecule has 19 heavy (non-hydrogen) atoms. The van der Waals surface area contributed by atoms with E-state index in [0.717, 1.165) is 10.8 Å². The summed E-state index contributed by atoms with van der Waals surface area (Å²) < 4.78 is 14.3. The van der Waals surface area contributed by atoms with Crippen LogP contribution in [-0.4, -0.2) is 11.8 Å². The number of thioether (sulfide) groups is 1. The standard InChI is InChI=1S/C13H14ClFN2S2/c14-13-6-5-10(19-13)7-9(17-16)8-18-12-4-2-1-3-11(12)15/h1-6,9,17H,7-8,16H2. The van der Waals surface area contributed by atoms with Gasteiger partial charge >= 0.3 is 0 Å². The third-order valence-electron chi connectivity index (χ3n) is 2.59. The highest BCUT2D eigenvalue weighted by atomic mass is 35.5. The lowest BCUT2D eigenvalue weighted by Crippen LogP contribution is -2.38. The van der Waals surface area contributed by atoms with Gasteiger partial charge in [-0.3, -0.25) is 11.3 Å². The van der Waals surface area contributed by atoms with Gasteiger partial charge in [-0.15, -0.1) is 23.1 Å². The maximum atomic E-state index is 13.5. The van der Waals surface area contributed by atoms with E-state index in [0.29, 0.717) is 10.6 Å². The summed E-state index contributed by atoms with van der Waals surface area (Å²) in [5.41, 5.74) is 2.77. The molecule has 0 aliphatic heterocycles. The van der Waals surface area contributed by atoms with Crippen molar-refractivity contribution >= 4 is 34.7 Å². The van der Waals surface area contributed by atoms with Crippen molar-refractivity contribution in [3.05, 3.63) is 51.4 Å². The van der Waals surface area contributed by atoms with Crippen LogP contribution in [0.15, 0.2) is 41.3 Å². The number of thiophene rings is 1. The monoisotopic (exact) mass is 316 g/mol. The van der Waals surface area contributed by atoms with Crippen LogP contribution in [0, 0.1) is 5.82 Å². The van der Waals surface area contributed by atoms with Crippen molar-refractivity contribution in [1.82, 2.24) is 5.43 Å². The largest absolute Gasteiger partial charge is 0.271 e. The Kier molecular flexibility index (Phi) is 5.66. The molecule has 0 fully saturated rings. The SMILES string of the molecule is NNC(CSc1ccccc1F)Cc1ccc(Cl)s1. The van der Waals surface area contributed by atoms with E-state index in [2.05, 4.69) is 5.43 Å². The second-order valence-electron chi connectivity index (χ2n) is 4.01. The van der Waals surface area contributed by atoms with Crippen LogP contribution in [0.2, 0.25) is 4.34 Å². The molecule has 0 bridgehead atoms. The zero-order chi connectivity index (χ0) is 13.7. The summed E-state index contributed by atoms with van der Waals surface area (Å²) in [5, 5.41) is 0. The molecule has 0 amide bonds. The molecule has 1 aromatic heterocycles. The molecule has 2 nitrogen and oxygen atoms in total. The van der Waals surface area contributed by atoms with Crippen molar-refractivity contribution in [2.45, 2.75) is 17.4 Å². The normalized spacial score (nSPS) is 12.6. The first kappa shape index (κ1) is 14.8. The molecule has 6 heteroatoms. The van der Waals surface area contributed by atoms with E-state index in [-0.39, 0.29) is 11.9 Å². The molecule has 2 rings (SSSR count). The van der Waals surface area contributed by atoms with Gasteiger partial charge in [0.05, 0.1) is 4.34 Å². The zero-order valence-corrected chi connectivity index (χ0v) is 12.5. The van der Waals surface area contributed by atoms with Gasteiger partial charge in [-0.2, -0.15) is 0 Å². The van der Waals surface area contributed by atoms with Crippen LogP contribution in [0.5, 0.6) is 0 Å². The van der Waals surface area contributed by atoms with E-state index >= 15 is 0 Å². The van der Waals surface area contributed by atoms with E-state index in [9.17, 15) is 4.39 Å². The second kappa shape index (κ2) is 7.26. The Morgan fingerprint density at radius 3 is 2.74 bits per heavy atom. The Bertz CT molecular complexity index is 533. The van der Waals surface area contributed by atoms with Crippen LogP contribution in [0.1, 0.15) is 4.88 Å². The van der Waals surface area contributed by atoms with Crippen LogP contribution >= 0.6 is 34.7 Å². The lowest BCUT2D eigenvalue weighted by molar-refractivity contribution is 0.576. The third kappa shape index (κ3) is 4.47. The number of hydrogen-bond acceptors (Lipinski definition) is 4. The Labute approximate surface area is 125 Å². The predicted octanol–water partition coefficient (Wildman–Crippen LogP) is 3.71. The van der Waals surface area contributed by atoms with Crippen molar-refractivity contribution in [3.63, 3.8) is 0 Å². The van der Waals surface area contributed by atoms with Gasteiger partial charge in [-0.05, 0) is 30.7 Å². The number of hydrazine groups is 1. The lowest BCUT2D eigenvalue weighted by atomic mass is 10.2. The minimum absolute atomic E-state index is 0.0827. The van der Waals surface area contributed by atoms with Crippen LogP contribution in [0.4, 0.5) is 4.39 Å². The van der Waals surface area contributed by atoms with Crippen molar-refractivity contribution in [2.75, 3.05) is 5.75 Å². The van der Waals surface area contributed by atoms with E-state index < -0.39 is 0 Å². The average Bonchev–Trinajstić information content (AvgIpc) is 2.81.